The number of unbranched alkanes of at least 4 members (excludes halogenated alkanes) is 4. The number of rotatable bonds is 7. The van der Waals surface area contributed by atoms with Gasteiger partial charge in [-0.15, -0.1) is 0 Å². The third-order valence-corrected chi connectivity index (χ3v) is 4.42. The lowest BCUT2D eigenvalue weighted by atomic mass is 9.98. The van der Waals surface area contributed by atoms with Gasteiger partial charge in [0.25, 0.3) is 0 Å². The van der Waals surface area contributed by atoms with Crippen molar-refractivity contribution in [2.75, 3.05) is 0 Å². The SMILES string of the molecule is CCCCCCC#Cc1ccc(CC([NH])c2ccc(C(F)(F)F)cc2)cc1. The zero-order valence-electron chi connectivity index (χ0n) is 15.6. The predicted octanol–water partition coefficient (Wildman–Crippen LogP) is 6.59. The molecule has 0 bridgehead atoms. The van der Waals surface area contributed by atoms with Crippen LogP contribution in [-0.2, 0) is 12.6 Å². The largest absolute Gasteiger partial charge is 0.416 e. The Balaban J connectivity index is 1.89. The first kappa shape index (κ1) is 21.1. The van der Waals surface area contributed by atoms with Gasteiger partial charge in [-0.25, -0.2) is 5.73 Å². The van der Waals surface area contributed by atoms with Crippen LogP contribution < -0.4 is 5.73 Å². The van der Waals surface area contributed by atoms with Crippen LogP contribution >= 0.6 is 0 Å². The van der Waals surface area contributed by atoms with Gasteiger partial charge in [-0.3, -0.25) is 0 Å². The van der Waals surface area contributed by atoms with E-state index in [4.69, 9.17) is 5.73 Å². The molecule has 4 heteroatoms. The number of benzene rings is 2. The number of hydrogen-bond donors (Lipinski definition) is 0. The zero-order valence-corrected chi connectivity index (χ0v) is 15.6. The maximum atomic E-state index is 12.6. The quantitative estimate of drug-likeness (QED) is 0.386. The second kappa shape index (κ2) is 10.2. The Hall–Kier alpha value is -2.25. The van der Waals surface area contributed by atoms with E-state index in [9.17, 15) is 13.2 Å². The molecule has 0 aliphatic heterocycles. The molecule has 2 aromatic carbocycles. The Labute approximate surface area is 159 Å². The van der Waals surface area contributed by atoms with E-state index in [1.165, 1.54) is 31.4 Å². The summed E-state index contributed by atoms with van der Waals surface area (Å²) in [5.74, 6) is 6.34. The standard InChI is InChI=1S/C23H25F3N/c1-2-3-4-5-6-7-8-18-9-11-19(12-10-18)17-22(27)20-13-15-21(16-14-20)23(24,25)26/h9-16,22,27H,2-6,17H2,1H3. The van der Waals surface area contributed by atoms with Crippen LogP contribution in [-0.4, -0.2) is 0 Å². The first-order valence-corrected chi connectivity index (χ1v) is 9.36. The van der Waals surface area contributed by atoms with Crippen LogP contribution in [0.2, 0.25) is 0 Å². The third kappa shape index (κ3) is 7.11. The Morgan fingerprint density at radius 2 is 1.59 bits per heavy atom. The minimum atomic E-state index is -4.34. The van der Waals surface area contributed by atoms with Crippen LogP contribution in [0.3, 0.4) is 0 Å². The van der Waals surface area contributed by atoms with E-state index in [0.29, 0.717) is 12.0 Å². The van der Waals surface area contributed by atoms with Crippen LogP contribution in [0.15, 0.2) is 48.5 Å². The van der Waals surface area contributed by atoms with Crippen LogP contribution in [0, 0.1) is 11.8 Å². The van der Waals surface area contributed by atoms with Gasteiger partial charge in [-0.1, -0.05) is 62.3 Å². The number of halogens is 3. The van der Waals surface area contributed by atoms with Crippen molar-refractivity contribution in [2.45, 2.75) is 57.7 Å². The summed E-state index contributed by atoms with van der Waals surface area (Å²) in [7, 11) is 0. The van der Waals surface area contributed by atoms with E-state index in [1.807, 2.05) is 24.3 Å². The normalized spacial score (nSPS) is 12.3. The fourth-order valence-corrected chi connectivity index (χ4v) is 2.79. The van der Waals surface area contributed by atoms with Crippen molar-refractivity contribution >= 4 is 0 Å². The highest BCUT2D eigenvalue weighted by atomic mass is 19.4. The van der Waals surface area contributed by atoms with Gasteiger partial charge in [0.05, 0.1) is 11.6 Å². The molecule has 0 saturated carbocycles. The summed E-state index contributed by atoms with van der Waals surface area (Å²) >= 11 is 0. The molecule has 0 aromatic heterocycles. The average molecular weight is 372 g/mol. The number of alkyl halides is 3. The summed E-state index contributed by atoms with van der Waals surface area (Å²) in [4.78, 5) is 0. The molecule has 1 unspecified atom stereocenters. The monoisotopic (exact) mass is 372 g/mol. The molecule has 143 valence electrons. The highest BCUT2D eigenvalue weighted by Crippen LogP contribution is 2.30. The van der Waals surface area contributed by atoms with Crippen LogP contribution in [0.4, 0.5) is 13.2 Å². The molecule has 0 saturated heterocycles. The van der Waals surface area contributed by atoms with E-state index in [0.717, 1.165) is 36.1 Å². The summed E-state index contributed by atoms with van der Waals surface area (Å²) in [5, 5.41) is 0. The molecule has 1 nitrogen and oxygen atoms in total. The highest BCUT2D eigenvalue weighted by molar-refractivity contribution is 5.37. The molecule has 0 fully saturated rings. The predicted molar refractivity (Wildman–Crippen MR) is 103 cm³/mol. The topological polar surface area (TPSA) is 23.8 Å². The number of hydrogen-bond acceptors (Lipinski definition) is 0. The maximum Gasteiger partial charge on any atom is 0.416 e. The second-order valence-electron chi connectivity index (χ2n) is 6.69. The third-order valence-electron chi connectivity index (χ3n) is 4.42. The summed E-state index contributed by atoms with van der Waals surface area (Å²) in [6.07, 6.45) is 1.84. The van der Waals surface area contributed by atoms with Crippen molar-refractivity contribution in [3.63, 3.8) is 0 Å². The number of nitrogens with one attached hydrogen (secondary N) is 1. The summed E-state index contributed by atoms with van der Waals surface area (Å²) in [6.45, 7) is 2.19. The first-order chi connectivity index (χ1) is 12.9. The maximum absolute atomic E-state index is 12.6. The molecule has 0 aliphatic carbocycles. The van der Waals surface area contributed by atoms with Crippen molar-refractivity contribution in [1.29, 1.82) is 0 Å². The van der Waals surface area contributed by atoms with Crippen molar-refractivity contribution in [3.8, 4) is 11.8 Å². The molecular weight excluding hydrogens is 347 g/mol. The molecule has 2 aromatic rings. The average Bonchev–Trinajstić information content (AvgIpc) is 2.65. The fourth-order valence-electron chi connectivity index (χ4n) is 2.79. The molecule has 1 N–H and O–H groups in total. The zero-order chi connectivity index (χ0) is 19.7. The molecule has 2 rings (SSSR count). The minimum absolute atomic E-state index is 0.454. The molecule has 0 aliphatic rings. The minimum Gasteiger partial charge on any atom is -0.249 e. The van der Waals surface area contributed by atoms with Crippen LogP contribution in [0.25, 0.3) is 0 Å². The van der Waals surface area contributed by atoms with Gasteiger partial charge in [0.2, 0.25) is 0 Å². The van der Waals surface area contributed by atoms with Gasteiger partial charge >= 0.3 is 6.18 Å². The summed E-state index contributed by atoms with van der Waals surface area (Å²) in [6, 6.07) is 12.0. The Bertz CT molecular complexity index is 749. The van der Waals surface area contributed by atoms with E-state index < -0.39 is 17.8 Å². The molecule has 0 amide bonds. The van der Waals surface area contributed by atoms with Gasteiger partial charge in [0, 0.05) is 12.0 Å². The highest BCUT2D eigenvalue weighted by Gasteiger charge is 2.30. The molecule has 1 radical (unpaired) electrons. The van der Waals surface area contributed by atoms with Gasteiger partial charge in [-0.2, -0.15) is 13.2 Å². The van der Waals surface area contributed by atoms with Crippen molar-refractivity contribution in [3.05, 3.63) is 70.8 Å². The molecular formula is C23H25F3N. The van der Waals surface area contributed by atoms with Crippen molar-refractivity contribution in [2.24, 2.45) is 0 Å². The first-order valence-electron chi connectivity index (χ1n) is 9.36. The smallest absolute Gasteiger partial charge is 0.249 e. The Morgan fingerprint density at radius 3 is 2.19 bits per heavy atom. The van der Waals surface area contributed by atoms with Gasteiger partial charge in [0.15, 0.2) is 0 Å². The van der Waals surface area contributed by atoms with E-state index >= 15 is 0 Å². The molecule has 27 heavy (non-hydrogen) atoms. The van der Waals surface area contributed by atoms with Crippen molar-refractivity contribution < 1.29 is 13.2 Å². The Kier molecular flexibility index (Phi) is 7.94. The second-order valence-corrected chi connectivity index (χ2v) is 6.69. The molecule has 1 atom stereocenters. The van der Waals surface area contributed by atoms with Gasteiger partial charge in [-0.05, 0) is 48.2 Å². The molecule has 0 heterocycles. The lowest BCUT2D eigenvalue weighted by molar-refractivity contribution is -0.137. The van der Waals surface area contributed by atoms with Crippen LogP contribution in [0.1, 0.15) is 67.3 Å². The lowest BCUT2D eigenvalue weighted by Gasteiger charge is -2.13. The lowest BCUT2D eigenvalue weighted by Crippen LogP contribution is -2.07. The summed E-state index contributed by atoms with van der Waals surface area (Å²) < 4.78 is 37.8. The Morgan fingerprint density at radius 1 is 0.926 bits per heavy atom. The summed E-state index contributed by atoms with van der Waals surface area (Å²) in [5.41, 5.74) is 10.0. The van der Waals surface area contributed by atoms with Gasteiger partial charge < -0.3 is 0 Å². The van der Waals surface area contributed by atoms with E-state index in [1.54, 1.807) is 0 Å². The fraction of sp³-hybridized carbons (Fsp3) is 0.391. The van der Waals surface area contributed by atoms with E-state index in [2.05, 4.69) is 18.8 Å². The molecule has 0 spiro atoms. The van der Waals surface area contributed by atoms with Crippen LogP contribution in [0.5, 0.6) is 0 Å². The van der Waals surface area contributed by atoms with E-state index in [-0.39, 0.29) is 0 Å². The van der Waals surface area contributed by atoms with Gasteiger partial charge in [0.1, 0.15) is 0 Å². The van der Waals surface area contributed by atoms with Crippen molar-refractivity contribution in [1.82, 2.24) is 5.73 Å².